The number of nitrogens with one attached hydrogen (secondary N) is 1. The second kappa shape index (κ2) is 29.8. The van der Waals surface area contributed by atoms with Crippen LogP contribution in [0.3, 0.4) is 0 Å². The second-order valence-corrected chi connectivity index (χ2v) is 10.8. The van der Waals surface area contributed by atoms with Crippen LogP contribution in [0, 0.1) is 0 Å². The van der Waals surface area contributed by atoms with Gasteiger partial charge in [0.05, 0.1) is 6.61 Å². The molecule has 4 N–H and O–H groups in total. The molecule has 0 saturated heterocycles. The lowest BCUT2D eigenvalue weighted by Gasteiger charge is -2.10. The van der Waals surface area contributed by atoms with E-state index in [1.54, 1.807) is 0 Å². The van der Waals surface area contributed by atoms with Gasteiger partial charge in [-0.3, -0.25) is 4.18 Å². The van der Waals surface area contributed by atoms with Crippen LogP contribution in [0.15, 0.2) is 0 Å². The molecule has 0 aromatic heterocycles. The fourth-order valence-corrected chi connectivity index (χ4v) is 4.55. The van der Waals surface area contributed by atoms with Crippen molar-refractivity contribution in [2.24, 2.45) is 0 Å². The van der Waals surface area contributed by atoms with Crippen LogP contribution in [0.25, 0.3) is 0 Å². The van der Waals surface area contributed by atoms with Crippen molar-refractivity contribution in [2.45, 2.75) is 148 Å². The van der Waals surface area contributed by atoms with Crippen molar-refractivity contribution >= 4 is 10.1 Å². The minimum Gasteiger partial charge on any atom is -0.344 e. The summed E-state index contributed by atoms with van der Waals surface area (Å²) in [7, 11) is -0.294. The van der Waals surface area contributed by atoms with Crippen LogP contribution >= 0.6 is 0 Å². The van der Waals surface area contributed by atoms with Gasteiger partial charge in [0.2, 0.25) is 5.50 Å². The number of rotatable bonds is 23. The molecule has 0 fully saturated rings. The molecule has 0 aliphatic rings. The first kappa shape index (κ1) is 37.3. The highest BCUT2D eigenvalue weighted by Crippen LogP contribution is 2.17. The van der Waals surface area contributed by atoms with E-state index < -0.39 is 15.6 Å². The van der Waals surface area contributed by atoms with Gasteiger partial charge in [-0.1, -0.05) is 123 Å². The summed E-state index contributed by atoms with van der Waals surface area (Å²) >= 11 is 0. The van der Waals surface area contributed by atoms with Crippen LogP contribution in [-0.4, -0.2) is 34.6 Å². The maximum atomic E-state index is 14.0. The molecule has 0 radical (unpaired) electrons. The van der Waals surface area contributed by atoms with Crippen molar-refractivity contribution in [3.05, 3.63) is 0 Å². The van der Waals surface area contributed by atoms with Crippen LogP contribution in [0.4, 0.5) is 4.39 Å². The molecule has 1 atom stereocenters. The van der Waals surface area contributed by atoms with E-state index in [-0.39, 0.29) is 19.2 Å². The van der Waals surface area contributed by atoms with Crippen LogP contribution in [0.1, 0.15) is 142 Å². The molecule has 0 bridgehead atoms. The van der Waals surface area contributed by atoms with E-state index in [9.17, 15) is 12.8 Å². The average molecular weight is 499 g/mol. The first-order chi connectivity index (χ1) is 15.5. The van der Waals surface area contributed by atoms with Crippen molar-refractivity contribution in [1.29, 1.82) is 0 Å². The number of hydrogen-bond donors (Lipinski definition) is 2. The topological polar surface area (TPSA) is 90.4 Å². The molecule has 0 aliphatic carbocycles. The quantitative estimate of drug-likeness (QED) is 0.109. The molecule has 7 heteroatoms. The Kier molecular flexibility index (Phi) is 33.7. The maximum Gasteiger partial charge on any atom is 0.299 e. The minimum absolute atomic E-state index is 0. The number of halogens is 1. The Morgan fingerprint density at radius 2 is 0.939 bits per heavy atom. The summed E-state index contributed by atoms with van der Waals surface area (Å²) in [5, 5.41) is 2.75. The van der Waals surface area contributed by atoms with Gasteiger partial charge in [-0.25, -0.2) is 4.39 Å². The Morgan fingerprint density at radius 1 is 0.636 bits per heavy atom. The van der Waals surface area contributed by atoms with Crippen molar-refractivity contribution in [1.82, 2.24) is 11.5 Å². The van der Waals surface area contributed by atoms with Gasteiger partial charge in [-0.05, 0) is 33.4 Å². The number of unbranched alkanes of at least 4 members (excludes halogenated alkanes) is 17. The van der Waals surface area contributed by atoms with Gasteiger partial charge in [0, 0.05) is 0 Å². The smallest absolute Gasteiger partial charge is 0.299 e. The van der Waals surface area contributed by atoms with Gasteiger partial charge in [0.1, 0.15) is 0 Å². The maximum absolute atomic E-state index is 14.0. The first-order valence-corrected chi connectivity index (χ1v) is 15.0. The summed E-state index contributed by atoms with van der Waals surface area (Å²) in [6.45, 7) is 4.55. The van der Waals surface area contributed by atoms with Crippen LogP contribution < -0.4 is 11.5 Å². The lowest BCUT2D eigenvalue weighted by molar-refractivity contribution is 0.270. The zero-order valence-corrected chi connectivity index (χ0v) is 23.5. The van der Waals surface area contributed by atoms with Crippen LogP contribution in [-0.2, 0) is 14.3 Å². The van der Waals surface area contributed by atoms with Crippen molar-refractivity contribution in [3.63, 3.8) is 0 Å². The summed E-state index contributed by atoms with van der Waals surface area (Å²) in [5.74, 6) is 0. The van der Waals surface area contributed by atoms with E-state index in [1.807, 2.05) is 14.1 Å². The molecule has 0 rings (SSSR count). The highest BCUT2D eigenvalue weighted by molar-refractivity contribution is 7.87. The molecule has 33 heavy (non-hydrogen) atoms. The Bertz CT molecular complexity index is 451. The SMILES string of the molecule is CCCCCCCCCCCCCOS(=O)(=O)C(F)CCCCCCCCCC.CNC.N. The molecule has 0 aromatic rings. The third-order valence-corrected chi connectivity index (χ3v) is 6.95. The molecule has 0 aromatic carbocycles. The fraction of sp³-hybridized carbons (Fsp3) is 1.00. The molecule has 5 nitrogen and oxygen atoms in total. The summed E-state index contributed by atoms with van der Waals surface area (Å²) in [5.41, 5.74) is -1.87. The molecule has 0 amide bonds. The minimum atomic E-state index is -4.04. The lowest BCUT2D eigenvalue weighted by atomic mass is 10.1. The zero-order valence-electron chi connectivity index (χ0n) is 22.6. The van der Waals surface area contributed by atoms with Crippen LogP contribution in [0.5, 0.6) is 0 Å². The predicted molar refractivity (Wildman–Crippen MR) is 143 cm³/mol. The van der Waals surface area contributed by atoms with Gasteiger partial charge in [-0.15, -0.1) is 0 Å². The highest BCUT2D eigenvalue weighted by Gasteiger charge is 2.25. The van der Waals surface area contributed by atoms with E-state index in [1.165, 1.54) is 83.5 Å². The Hall–Kier alpha value is -0.240. The predicted octanol–water partition coefficient (Wildman–Crippen LogP) is 8.47. The zero-order chi connectivity index (χ0) is 24.3. The van der Waals surface area contributed by atoms with Gasteiger partial charge in [0.25, 0.3) is 10.1 Å². The molecule has 0 aliphatic heterocycles. The third-order valence-electron chi connectivity index (χ3n) is 5.59. The molecule has 0 spiro atoms. The molecular weight excluding hydrogens is 439 g/mol. The first-order valence-electron chi connectivity index (χ1n) is 13.6. The van der Waals surface area contributed by atoms with E-state index >= 15 is 0 Å². The number of hydrogen-bond acceptors (Lipinski definition) is 5. The third kappa shape index (κ3) is 29.7. The highest BCUT2D eigenvalue weighted by atomic mass is 32.2. The van der Waals surface area contributed by atoms with Gasteiger partial charge in [-0.2, -0.15) is 8.42 Å². The molecule has 0 saturated carbocycles. The molecule has 0 heterocycles. The van der Waals surface area contributed by atoms with E-state index in [0.29, 0.717) is 12.8 Å². The Morgan fingerprint density at radius 3 is 1.30 bits per heavy atom. The largest absolute Gasteiger partial charge is 0.344 e. The Balaban J connectivity index is -0.00000212. The Labute approximate surface area is 207 Å². The molecule has 204 valence electrons. The fourth-order valence-electron chi connectivity index (χ4n) is 3.60. The summed E-state index contributed by atoms with van der Waals surface area (Å²) in [4.78, 5) is 0. The second-order valence-electron chi connectivity index (χ2n) is 9.02. The van der Waals surface area contributed by atoms with E-state index in [4.69, 9.17) is 4.18 Å². The van der Waals surface area contributed by atoms with Crippen molar-refractivity contribution in [3.8, 4) is 0 Å². The standard InChI is InChI=1S/C24H49FO3S.C2H7N.H3N/c1-3-5-7-9-11-13-14-15-17-19-21-23-28-29(26,27)24(25)22-20-18-16-12-10-8-6-4-2;1-3-2;/h24H,3-23H2,1-2H3;3H,1-2H3;1H3. The number of alkyl halides is 1. The average Bonchev–Trinajstić information content (AvgIpc) is 2.76. The van der Waals surface area contributed by atoms with Gasteiger partial charge < -0.3 is 11.5 Å². The summed E-state index contributed by atoms with van der Waals surface area (Å²) < 4.78 is 42.6. The van der Waals surface area contributed by atoms with E-state index in [2.05, 4.69) is 19.2 Å². The van der Waals surface area contributed by atoms with E-state index in [0.717, 1.165) is 25.7 Å². The van der Waals surface area contributed by atoms with Gasteiger partial charge in [0.15, 0.2) is 0 Å². The summed E-state index contributed by atoms with van der Waals surface area (Å²) in [6.07, 6.45) is 22.0. The molecule has 1 unspecified atom stereocenters. The van der Waals surface area contributed by atoms with Gasteiger partial charge >= 0.3 is 0 Å². The lowest BCUT2D eigenvalue weighted by Crippen LogP contribution is -2.19. The normalized spacial score (nSPS) is 12.0. The van der Waals surface area contributed by atoms with Crippen LogP contribution in [0.2, 0.25) is 0 Å². The monoisotopic (exact) mass is 498 g/mol. The molecular formula is C26H59FN2O3S. The van der Waals surface area contributed by atoms with Crippen molar-refractivity contribution in [2.75, 3.05) is 20.7 Å². The summed E-state index contributed by atoms with van der Waals surface area (Å²) in [6, 6.07) is 0. The van der Waals surface area contributed by atoms with Crippen molar-refractivity contribution < 1.29 is 17.0 Å².